The van der Waals surface area contributed by atoms with Crippen LogP contribution in [0.1, 0.15) is 10.4 Å². The fourth-order valence-corrected chi connectivity index (χ4v) is 1.95. The summed E-state index contributed by atoms with van der Waals surface area (Å²) in [4.78, 5) is 30.9. The maximum Gasteiger partial charge on any atom is 0.340 e. The van der Waals surface area contributed by atoms with Crippen molar-refractivity contribution in [3.63, 3.8) is 0 Å². The number of carbonyl (C=O) groups excluding carboxylic acids is 2. The number of rotatable bonds is 2. The fraction of sp³-hybridized carbons (Fsp3) is 0.417. The smallest absolute Gasteiger partial charge is 0.340 e. The second-order valence-corrected chi connectivity index (χ2v) is 4.35. The molecule has 0 aromatic carbocycles. The summed E-state index contributed by atoms with van der Waals surface area (Å²) < 4.78 is 4.73. The number of anilines is 2. The molecule has 0 radical (unpaired) electrons. The second-order valence-electron chi connectivity index (χ2n) is 4.35. The lowest BCUT2D eigenvalue weighted by Gasteiger charge is -2.34. The van der Waals surface area contributed by atoms with Gasteiger partial charge in [0, 0.05) is 20.1 Å². The molecular formula is C12H16N4O3. The SMILES string of the molecule is COC(=O)c1cc(N)ncc1N1CCN(C)C(=O)C1. The van der Waals surface area contributed by atoms with Gasteiger partial charge in [0.25, 0.3) is 0 Å². The number of aromatic nitrogens is 1. The van der Waals surface area contributed by atoms with Crippen molar-refractivity contribution in [2.75, 3.05) is 44.4 Å². The van der Waals surface area contributed by atoms with E-state index >= 15 is 0 Å². The number of piperazine rings is 1. The summed E-state index contributed by atoms with van der Waals surface area (Å²) in [5, 5.41) is 0. The van der Waals surface area contributed by atoms with Gasteiger partial charge in [-0.1, -0.05) is 0 Å². The third-order valence-electron chi connectivity index (χ3n) is 3.11. The summed E-state index contributed by atoms with van der Waals surface area (Å²) in [5.74, 6) is -0.251. The molecule has 7 nitrogen and oxygen atoms in total. The monoisotopic (exact) mass is 264 g/mol. The predicted octanol–water partition coefficient (Wildman–Crippen LogP) is -0.271. The van der Waals surface area contributed by atoms with Crippen LogP contribution < -0.4 is 10.6 Å². The van der Waals surface area contributed by atoms with Gasteiger partial charge in [0.1, 0.15) is 5.82 Å². The summed E-state index contributed by atoms with van der Waals surface area (Å²) in [5.41, 5.74) is 6.48. The maximum atomic E-state index is 11.7. The maximum absolute atomic E-state index is 11.7. The number of amides is 1. The number of esters is 1. The number of nitrogen functional groups attached to an aromatic ring is 1. The zero-order valence-electron chi connectivity index (χ0n) is 10.9. The van der Waals surface area contributed by atoms with E-state index in [9.17, 15) is 9.59 Å². The summed E-state index contributed by atoms with van der Waals surface area (Å²) in [7, 11) is 3.06. The topological polar surface area (TPSA) is 88.8 Å². The van der Waals surface area contributed by atoms with E-state index in [4.69, 9.17) is 10.5 Å². The van der Waals surface area contributed by atoms with Crippen LogP contribution in [0.25, 0.3) is 0 Å². The fourth-order valence-electron chi connectivity index (χ4n) is 1.95. The Morgan fingerprint density at radius 1 is 1.47 bits per heavy atom. The average molecular weight is 264 g/mol. The van der Waals surface area contributed by atoms with Crippen LogP contribution in [0.4, 0.5) is 11.5 Å². The molecule has 19 heavy (non-hydrogen) atoms. The van der Waals surface area contributed by atoms with Crippen molar-refractivity contribution < 1.29 is 14.3 Å². The molecule has 7 heteroatoms. The van der Waals surface area contributed by atoms with Crippen LogP contribution in [0.2, 0.25) is 0 Å². The predicted molar refractivity (Wildman–Crippen MR) is 69.8 cm³/mol. The standard InChI is InChI=1S/C12H16N4O3/c1-15-3-4-16(7-11(15)17)9-6-14-10(13)5-8(9)12(18)19-2/h5-6H,3-4,7H2,1-2H3,(H2,13,14). The van der Waals surface area contributed by atoms with E-state index in [0.717, 1.165) is 0 Å². The Morgan fingerprint density at radius 2 is 2.21 bits per heavy atom. The van der Waals surface area contributed by atoms with Crippen LogP contribution >= 0.6 is 0 Å². The van der Waals surface area contributed by atoms with Gasteiger partial charge in [-0.25, -0.2) is 9.78 Å². The van der Waals surface area contributed by atoms with Gasteiger partial charge in [-0.05, 0) is 6.07 Å². The third-order valence-corrected chi connectivity index (χ3v) is 3.11. The zero-order valence-corrected chi connectivity index (χ0v) is 10.9. The van der Waals surface area contributed by atoms with Gasteiger partial charge in [0.05, 0.1) is 31.1 Å². The van der Waals surface area contributed by atoms with Crippen molar-refractivity contribution in [3.8, 4) is 0 Å². The summed E-state index contributed by atoms with van der Waals surface area (Å²) in [6.45, 7) is 1.45. The first-order chi connectivity index (χ1) is 9.02. The molecule has 1 amide bonds. The van der Waals surface area contributed by atoms with E-state index in [0.29, 0.717) is 24.3 Å². The number of hydrogen-bond donors (Lipinski definition) is 1. The van der Waals surface area contributed by atoms with E-state index < -0.39 is 5.97 Å². The number of ether oxygens (including phenoxy) is 1. The highest BCUT2D eigenvalue weighted by molar-refractivity contribution is 5.97. The van der Waals surface area contributed by atoms with E-state index in [1.54, 1.807) is 16.8 Å². The lowest BCUT2D eigenvalue weighted by molar-refractivity contribution is -0.129. The van der Waals surface area contributed by atoms with E-state index in [1.807, 2.05) is 0 Å². The molecule has 102 valence electrons. The Hall–Kier alpha value is -2.31. The lowest BCUT2D eigenvalue weighted by atomic mass is 10.1. The first kappa shape index (κ1) is 13.1. The Kier molecular flexibility index (Phi) is 3.55. The van der Waals surface area contributed by atoms with Crippen LogP contribution in [0.15, 0.2) is 12.3 Å². The quantitative estimate of drug-likeness (QED) is 0.740. The summed E-state index contributed by atoms with van der Waals surface area (Å²) in [6, 6.07) is 1.46. The summed E-state index contributed by atoms with van der Waals surface area (Å²) in [6.07, 6.45) is 1.50. The van der Waals surface area contributed by atoms with Gasteiger partial charge in [-0.15, -0.1) is 0 Å². The Morgan fingerprint density at radius 3 is 2.84 bits per heavy atom. The highest BCUT2D eigenvalue weighted by Crippen LogP contribution is 2.23. The highest BCUT2D eigenvalue weighted by Gasteiger charge is 2.25. The van der Waals surface area contributed by atoms with Gasteiger partial charge < -0.3 is 20.3 Å². The summed E-state index contributed by atoms with van der Waals surface area (Å²) >= 11 is 0. The number of carbonyl (C=O) groups is 2. The van der Waals surface area contributed by atoms with Gasteiger partial charge >= 0.3 is 5.97 Å². The molecule has 0 saturated carbocycles. The van der Waals surface area contributed by atoms with Crippen molar-refractivity contribution in [2.24, 2.45) is 0 Å². The van der Waals surface area contributed by atoms with Crippen LogP contribution in [0.3, 0.4) is 0 Å². The van der Waals surface area contributed by atoms with Gasteiger partial charge in [-0.2, -0.15) is 0 Å². The average Bonchev–Trinajstić information content (AvgIpc) is 2.41. The Balaban J connectivity index is 2.34. The van der Waals surface area contributed by atoms with E-state index in [-0.39, 0.29) is 18.3 Å². The van der Waals surface area contributed by atoms with Gasteiger partial charge in [0.15, 0.2) is 0 Å². The molecule has 2 rings (SSSR count). The first-order valence-corrected chi connectivity index (χ1v) is 5.85. The number of pyridine rings is 1. The van der Waals surface area contributed by atoms with Crippen molar-refractivity contribution in [1.29, 1.82) is 0 Å². The van der Waals surface area contributed by atoms with Crippen LogP contribution in [0, 0.1) is 0 Å². The van der Waals surface area contributed by atoms with Crippen molar-refractivity contribution >= 4 is 23.4 Å². The number of methoxy groups -OCH3 is 1. The van der Waals surface area contributed by atoms with Gasteiger partial charge in [0.2, 0.25) is 5.91 Å². The molecule has 1 saturated heterocycles. The molecule has 0 bridgehead atoms. The molecule has 2 N–H and O–H groups in total. The third kappa shape index (κ3) is 2.59. The molecule has 1 aliphatic rings. The Bertz CT molecular complexity index is 518. The molecule has 0 unspecified atom stereocenters. The minimum atomic E-state index is -0.490. The molecule has 1 aromatic heterocycles. The second kappa shape index (κ2) is 5.13. The van der Waals surface area contributed by atoms with Crippen LogP contribution in [0.5, 0.6) is 0 Å². The largest absolute Gasteiger partial charge is 0.465 e. The number of nitrogens with zero attached hydrogens (tertiary/aromatic N) is 3. The minimum Gasteiger partial charge on any atom is -0.465 e. The molecule has 0 atom stereocenters. The molecule has 1 fully saturated rings. The molecular weight excluding hydrogens is 248 g/mol. The molecule has 1 aromatic rings. The number of hydrogen-bond acceptors (Lipinski definition) is 6. The molecule has 2 heterocycles. The van der Waals surface area contributed by atoms with Crippen LogP contribution in [-0.2, 0) is 9.53 Å². The Labute approximate surface area is 110 Å². The number of nitrogens with two attached hydrogens (primary N) is 1. The lowest BCUT2D eigenvalue weighted by Crippen LogP contribution is -2.49. The molecule has 1 aliphatic heterocycles. The van der Waals surface area contributed by atoms with E-state index in [2.05, 4.69) is 4.98 Å². The van der Waals surface area contributed by atoms with Crippen molar-refractivity contribution in [3.05, 3.63) is 17.8 Å². The highest BCUT2D eigenvalue weighted by atomic mass is 16.5. The van der Waals surface area contributed by atoms with Crippen molar-refractivity contribution in [2.45, 2.75) is 0 Å². The normalized spacial score (nSPS) is 15.6. The van der Waals surface area contributed by atoms with Crippen LogP contribution in [-0.4, -0.2) is 55.6 Å². The minimum absolute atomic E-state index is 0.00103. The number of likely N-dealkylation sites (N-methyl/N-ethyl adjacent to an activating group) is 1. The van der Waals surface area contributed by atoms with Crippen molar-refractivity contribution in [1.82, 2.24) is 9.88 Å². The molecule has 0 spiro atoms. The van der Waals surface area contributed by atoms with E-state index in [1.165, 1.54) is 19.4 Å². The first-order valence-electron chi connectivity index (χ1n) is 5.85. The zero-order chi connectivity index (χ0) is 14.0. The van der Waals surface area contributed by atoms with Gasteiger partial charge in [-0.3, -0.25) is 4.79 Å². The molecule has 0 aliphatic carbocycles.